The first kappa shape index (κ1) is 18.4. The molecule has 3 rings (SSSR count). The van der Waals surface area contributed by atoms with Crippen LogP contribution in [0.15, 0.2) is 18.2 Å². The van der Waals surface area contributed by atoms with Crippen molar-refractivity contribution in [2.45, 2.75) is 12.6 Å². The lowest BCUT2D eigenvalue weighted by Gasteiger charge is -2.34. The Morgan fingerprint density at radius 3 is 2.65 bits per heavy atom. The van der Waals surface area contributed by atoms with E-state index in [-0.39, 0.29) is 38.0 Å². The molecule has 142 valence electrons. The number of nitrogens with zero attached hydrogens (tertiary/aromatic N) is 3. The zero-order valence-electron chi connectivity index (χ0n) is 13.9. The molecule has 2 amide bonds. The van der Waals surface area contributed by atoms with Crippen LogP contribution in [0.25, 0.3) is 11.0 Å². The molecule has 1 saturated heterocycles. The fourth-order valence-corrected chi connectivity index (χ4v) is 2.92. The number of amides is 2. The van der Waals surface area contributed by atoms with Crippen molar-refractivity contribution >= 4 is 17.1 Å². The molecule has 2 N–H and O–H groups in total. The second-order valence-corrected chi connectivity index (χ2v) is 6.21. The van der Waals surface area contributed by atoms with Crippen molar-refractivity contribution in [2.75, 3.05) is 39.3 Å². The molecule has 0 saturated carbocycles. The van der Waals surface area contributed by atoms with Crippen LogP contribution in [0.4, 0.5) is 22.4 Å². The van der Waals surface area contributed by atoms with Gasteiger partial charge in [-0.25, -0.2) is 14.2 Å². The Labute approximate surface area is 147 Å². The largest absolute Gasteiger partial charge is 0.401 e. The standard InChI is InChI=1S/C16H19F4N5O/c17-11-1-2-12-13(9-11)23-14(22-12)3-4-21-15(26)25-7-5-24(6-8-25)10-16(18,19)20/h1-2,9H,3-8,10H2,(H,21,26)(H,22,23). The Morgan fingerprint density at radius 1 is 1.23 bits per heavy atom. The molecule has 0 aliphatic carbocycles. The van der Waals surface area contributed by atoms with Crippen molar-refractivity contribution in [1.29, 1.82) is 0 Å². The van der Waals surface area contributed by atoms with Crippen molar-refractivity contribution < 1.29 is 22.4 Å². The van der Waals surface area contributed by atoms with Gasteiger partial charge in [-0.3, -0.25) is 4.90 Å². The summed E-state index contributed by atoms with van der Waals surface area (Å²) in [6.45, 7) is 0.279. The molecule has 10 heteroatoms. The number of halogens is 4. The van der Waals surface area contributed by atoms with Crippen molar-refractivity contribution in [3.8, 4) is 0 Å². The van der Waals surface area contributed by atoms with E-state index in [4.69, 9.17) is 0 Å². The minimum atomic E-state index is -4.22. The number of carbonyl (C=O) groups excluding carboxylic acids is 1. The van der Waals surface area contributed by atoms with Gasteiger partial charge in [-0.2, -0.15) is 13.2 Å². The SMILES string of the molecule is O=C(NCCc1nc2ccc(F)cc2[nH]1)N1CCN(CC(F)(F)F)CC1. The number of fused-ring (bicyclic) bond motifs is 1. The van der Waals surface area contributed by atoms with Crippen molar-refractivity contribution in [2.24, 2.45) is 0 Å². The smallest absolute Gasteiger partial charge is 0.342 e. The van der Waals surface area contributed by atoms with E-state index >= 15 is 0 Å². The summed E-state index contributed by atoms with van der Waals surface area (Å²) in [5, 5.41) is 2.73. The lowest BCUT2D eigenvalue weighted by atomic mass is 10.3. The summed E-state index contributed by atoms with van der Waals surface area (Å²) >= 11 is 0. The Balaban J connectivity index is 1.43. The molecular weight excluding hydrogens is 354 g/mol. The van der Waals surface area contributed by atoms with Gasteiger partial charge in [-0.15, -0.1) is 0 Å². The van der Waals surface area contributed by atoms with E-state index in [2.05, 4.69) is 15.3 Å². The number of aromatic amines is 1. The van der Waals surface area contributed by atoms with Gasteiger partial charge in [0, 0.05) is 39.1 Å². The maximum absolute atomic E-state index is 13.2. The van der Waals surface area contributed by atoms with Crippen LogP contribution >= 0.6 is 0 Å². The molecule has 1 aromatic heterocycles. The number of hydrogen-bond donors (Lipinski definition) is 2. The number of benzene rings is 1. The molecule has 26 heavy (non-hydrogen) atoms. The van der Waals surface area contributed by atoms with Gasteiger partial charge in [0.1, 0.15) is 11.6 Å². The highest BCUT2D eigenvalue weighted by atomic mass is 19.4. The second-order valence-electron chi connectivity index (χ2n) is 6.21. The maximum Gasteiger partial charge on any atom is 0.401 e. The molecule has 2 aromatic rings. The monoisotopic (exact) mass is 373 g/mol. The lowest BCUT2D eigenvalue weighted by Crippen LogP contribution is -2.53. The predicted octanol–water partition coefficient (Wildman–Crippen LogP) is 2.13. The number of piperazine rings is 1. The molecule has 0 bridgehead atoms. The van der Waals surface area contributed by atoms with Gasteiger partial charge >= 0.3 is 12.2 Å². The molecule has 1 fully saturated rings. The molecule has 0 atom stereocenters. The topological polar surface area (TPSA) is 64.3 Å². The number of nitrogens with one attached hydrogen (secondary N) is 2. The minimum Gasteiger partial charge on any atom is -0.342 e. The number of aromatic nitrogens is 2. The number of urea groups is 1. The van der Waals surface area contributed by atoms with Crippen LogP contribution in [0, 0.1) is 5.82 Å². The van der Waals surface area contributed by atoms with E-state index in [1.54, 1.807) is 6.07 Å². The molecule has 1 aliphatic heterocycles. The molecule has 6 nitrogen and oxygen atoms in total. The maximum atomic E-state index is 13.2. The van der Waals surface area contributed by atoms with Crippen LogP contribution in [0.1, 0.15) is 5.82 Å². The first-order chi connectivity index (χ1) is 12.3. The lowest BCUT2D eigenvalue weighted by molar-refractivity contribution is -0.148. The van der Waals surface area contributed by atoms with Gasteiger partial charge in [0.2, 0.25) is 0 Å². The van der Waals surface area contributed by atoms with E-state index in [1.165, 1.54) is 21.9 Å². The molecule has 0 unspecified atom stereocenters. The average Bonchev–Trinajstić information content (AvgIpc) is 2.95. The van der Waals surface area contributed by atoms with Crippen molar-refractivity contribution in [3.63, 3.8) is 0 Å². The van der Waals surface area contributed by atoms with E-state index < -0.39 is 12.7 Å². The number of carbonyl (C=O) groups is 1. The zero-order chi connectivity index (χ0) is 18.7. The van der Waals surface area contributed by atoms with Crippen molar-refractivity contribution in [3.05, 3.63) is 29.8 Å². The van der Waals surface area contributed by atoms with E-state index in [9.17, 15) is 22.4 Å². The Bertz CT molecular complexity index is 768. The van der Waals surface area contributed by atoms with Crippen LogP contribution in [0.2, 0.25) is 0 Å². The molecule has 0 spiro atoms. The van der Waals surface area contributed by atoms with Crippen LogP contribution in [-0.2, 0) is 6.42 Å². The second kappa shape index (κ2) is 7.48. The zero-order valence-corrected chi connectivity index (χ0v) is 13.9. The minimum absolute atomic E-state index is 0.196. The summed E-state index contributed by atoms with van der Waals surface area (Å²) in [6, 6.07) is 3.95. The first-order valence-electron chi connectivity index (χ1n) is 8.26. The van der Waals surface area contributed by atoms with E-state index in [1.807, 2.05) is 0 Å². The van der Waals surface area contributed by atoms with Gasteiger partial charge in [0.05, 0.1) is 17.6 Å². The fourth-order valence-electron chi connectivity index (χ4n) is 2.92. The number of rotatable bonds is 4. The van der Waals surface area contributed by atoms with Gasteiger partial charge < -0.3 is 15.2 Å². The number of imidazole rings is 1. The highest BCUT2D eigenvalue weighted by molar-refractivity contribution is 5.75. The summed E-state index contributed by atoms with van der Waals surface area (Å²) in [6.07, 6.45) is -3.78. The summed E-state index contributed by atoms with van der Waals surface area (Å²) in [7, 11) is 0. The van der Waals surface area contributed by atoms with Gasteiger partial charge in [0.25, 0.3) is 0 Å². The molecule has 2 heterocycles. The van der Waals surface area contributed by atoms with Gasteiger partial charge in [-0.1, -0.05) is 0 Å². The Hall–Kier alpha value is -2.36. The van der Waals surface area contributed by atoms with E-state index in [0.717, 1.165) is 0 Å². The fraction of sp³-hybridized carbons (Fsp3) is 0.500. The van der Waals surface area contributed by atoms with Crippen molar-refractivity contribution in [1.82, 2.24) is 25.1 Å². The highest BCUT2D eigenvalue weighted by Gasteiger charge is 2.32. The Kier molecular flexibility index (Phi) is 5.30. The third kappa shape index (κ3) is 4.84. The summed E-state index contributed by atoms with van der Waals surface area (Å²) in [5.41, 5.74) is 1.24. The molecule has 1 aliphatic rings. The quantitative estimate of drug-likeness (QED) is 0.807. The Morgan fingerprint density at radius 2 is 1.96 bits per heavy atom. The highest BCUT2D eigenvalue weighted by Crippen LogP contribution is 2.17. The van der Waals surface area contributed by atoms with Gasteiger partial charge in [-0.05, 0) is 18.2 Å². The molecule has 0 radical (unpaired) electrons. The third-order valence-electron chi connectivity index (χ3n) is 4.19. The predicted molar refractivity (Wildman–Crippen MR) is 87.2 cm³/mol. The van der Waals surface area contributed by atoms with Gasteiger partial charge in [0.15, 0.2) is 0 Å². The number of H-pyrrole nitrogens is 1. The molecule has 1 aromatic carbocycles. The van der Waals surface area contributed by atoms with Crippen LogP contribution in [0.3, 0.4) is 0 Å². The summed E-state index contributed by atoms with van der Waals surface area (Å²) < 4.78 is 50.2. The van der Waals surface area contributed by atoms with Crippen LogP contribution in [0.5, 0.6) is 0 Å². The average molecular weight is 373 g/mol. The molecular formula is C16H19F4N5O. The normalized spacial score (nSPS) is 16.2. The number of alkyl halides is 3. The van der Waals surface area contributed by atoms with E-state index in [0.29, 0.717) is 29.8 Å². The van der Waals surface area contributed by atoms with Crippen LogP contribution in [-0.4, -0.2) is 71.2 Å². The van der Waals surface area contributed by atoms with Crippen LogP contribution < -0.4 is 5.32 Å². The first-order valence-corrected chi connectivity index (χ1v) is 8.26. The number of hydrogen-bond acceptors (Lipinski definition) is 3. The third-order valence-corrected chi connectivity index (χ3v) is 4.19. The summed E-state index contributed by atoms with van der Waals surface area (Å²) in [5.74, 6) is 0.270. The summed E-state index contributed by atoms with van der Waals surface area (Å²) in [4.78, 5) is 22.2.